The highest BCUT2D eigenvalue weighted by molar-refractivity contribution is 5.95. The minimum atomic E-state index is 1.08. The highest BCUT2D eigenvalue weighted by Gasteiger charge is 2.05. The van der Waals surface area contributed by atoms with E-state index >= 15 is 0 Å². The van der Waals surface area contributed by atoms with Crippen molar-refractivity contribution in [3.63, 3.8) is 0 Å². The van der Waals surface area contributed by atoms with E-state index in [4.69, 9.17) is 0 Å². The van der Waals surface area contributed by atoms with Crippen LogP contribution in [-0.4, -0.2) is 4.98 Å². The summed E-state index contributed by atoms with van der Waals surface area (Å²) in [4.78, 5) is 4.52. The first-order valence-corrected chi connectivity index (χ1v) is 5.76. The van der Waals surface area contributed by atoms with E-state index in [0.29, 0.717) is 0 Å². The number of para-hydroxylation sites is 1. The molecule has 0 aliphatic heterocycles. The molecule has 1 nitrogen and oxygen atoms in total. The van der Waals surface area contributed by atoms with Crippen molar-refractivity contribution >= 4 is 10.9 Å². The second-order valence-corrected chi connectivity index (χ2v) is 4.20. The predicted octanol–water partition coefficient (Wildman–Crippen LogP) is 4.21. The van der Waals surface area contributed by atoms with Crippen molar-refractivity contribution in [3.05, 3.63) is 66.4 Å². The fourth-order valence-corrected chi connectivity index (χ4v) is 2.16. The predicted molar refractivity (Wildman–Crippen MR) is 71.9 cm³/mol. The molecule has 0 spiro atoms. The van der Waals surface area contributed by atoms with Crippen molar-refractivity contribution in [2.45, 2.75) is 6.92 Å². The normalized spacial score (nSPS) is 10.6. The lowest BCUT2D eigenvalue weighted by Gasteiger charge is -2.07. The molecule has 0 N–H and O–H groups in total. The molecule has 0 aliphatic rings. The summed E-state index contributed by atoms with van der Waals surface area (Å²) in [6.07, 6.45) is 1.88. The maximum Gasteiger partial charge on any atom is 0.0782 e. The average Bonchev–Trinajstić information content (AvgIpc) is 2.40. The first kappa shape index (κ1) is 10.0. The summed E-state index contributed by atoms with van der Waals surface area (Å²) < 4.78 is 0. The third kappa shape index (κ3) is 1.70. The van der Waals surface area contributed by atoms with Gasteiger partial charge in [0, 0.05) is 17.1 Å². The third-order valence-electron chi connectivity index (χ3n) is 3.07. The van der Waals surface area contributed by atoms with E-state index in [1.165, 1.54) is 22.1 Å². The molecule has 0 bridgehead atoms. The third-order valence-corrected chi connectivity index (χ3v) is 3.07. The van der Waals surface area contributed by atoms with Gasteiger partial charge in [-0.25, -0.2) is 0 Å². The lowest BCUT2D eigenvalue weighted by Crippen LogP contribution is -1.86. The second kappa shape index (κ2) is 4.02. The fraction of sp³-hybridized carbons (Fsp3) is 0.0625. The molecular formula is C16H13N. The number of aromatic nitrogens is 1. The van der Waals surface area contributed by atoms with E-state index in [0.717, 1.165) is 5.52 Å². The monoisotopic (exact) mass is 219 g/mol. The molecule has 0 fully saturated rings. The van der Waals surface area contributed by atoms with E-state index in [-0.39, 0.29) is 0 Å². The van der Waals surface area contributed by atoms with E-state index < -0.39 is 0 Å². The van der Waals surface area contributed by atoms with Gasteiger partial charge in [0.2, 0.25) is 0 Å². The number of aryl methyl sites for hydroxylation is 1. The Kier molecular flexibility index (Phi) is 2.37. The number of fused-ring (bicyclic) bond motifs is 1. The van der Waals surface area contributed by atoms with Gasteiger partial charge in [0.15, 0.2) is 0 Å². The maximum absolute atomic E-state index is 4.52. The number of hydrogen-bond acceptors (Lipinski definition) is 1. The number of benzene rings is 2. The van der Waals surface area contributed by atoms with E-state index in [9.17, 15) is 0 Å². The minimum Gasteiger partial charge on any atom is -0.256 e. The van der Waals surface area contributed by atoms with Crippen LogP contribution in [0.1, 0.15) is 5.56 Å². The zero-order chi connectivity index (χ0) is 11.7. The Balaban J connectivity index is 2.35. The van der Waals surface area contributed by atoms with E-state index in [2.05, 4.69) is 60.4 Å². The van der Waals surface area contributed by atoms with Gasteiger partial charge in [-0.2, -0.15) is 0 Å². The summed E-state index contributed by atoms with van der Waals surface area (Å²) >= 11 is 0. The van der Waals surface area contributed by atoms with Gasteiger partial charge in [-0.05, 0) is 24.1 Å². The Hall–Kier alpha value is -2.15. The number of hydrogen-bond donors (Lipinski definition) is 0. The Bertz CT molecular complexity index is 657. The maximum atomic E-state index is 4.52. The Labute approximate surface area is 101 Å². The molecule has 0 unspecified atom stereocenters. The Morgan fingerprint density at radius 3 is 2.47 bits per heavy atom. The van der Waals surface area contributed by atoms with Crippen molar-refractivity contribution in [3.8, 4) is 11.1 Å². The molecule has 0 atom stereocenters. The Morgan fingerprint density at radius 2 is 1.65 bits per heavy atom. The molecule has 0 saturated carbocycles. The quantitative estimate of drug-likeness (QED) is 0.597. The van der Waals surface area contributed by atoms with Gasteiger partial charge in [-0.15, -0.1) is 0 Å². The van der Waals surface area contributed by atoms with Gasteiger partial charge in [0.1, 0.15) is 0 Å². The van der Waals surface area contributed by atoms with Crippen molar-refractivity contribution in [2.24, 2.45) is 0 Å². The Morgan fingerprint density at radius 1 is 0.824 bits per heavy atom. The smallest absolute Gasteiger partial charge is 0.0782 e. The number of rotatable bonds is 1. The standard InChI is InChI=1S/C16H13N/c1-12-10-11-17-16-14(12)8-5-9-15(16)13-6-3-2-4-7-13/h2-11H,1H3. The van der Waals surface area contributed by atoms with Crippen LogP contribution in [0.4, 0.5) is 0 Å². The highest BCUT2D eigenvalue weighted by atomic mass is 14.7. The first-order valence-electron chi connectivity index (χ1n) is 5.76. The van der Waals surface area contributed by atoms with E-state index in [1.807, 2.05) is 12.3 Å². The molecule has 2 aromatic carbocycles. The average molecular weight is 219 g/mol. The second-order valence-electron chi connectivity index (χ2n) is 4.20. The van der Waals surface area contributed by atoms with Crippen LogP contribution in [0.5, 0.6) is 0 Å². The van der Waals surface area contributed by atoms with Gasteiger partial charge >= 0.3 is 0 Å². The van der Waals surface area contributed by atoms with Gasteiger partial charge in [0.25, 0.3) is 0 Å². The molecule has 0 amide bonds. The van der Waals surface area contributed by atoms with Crippen LogP contribution >= 0.6 is 0 Å². The van der Waals surface area contributed by atoms with Gasteiger partial charge in [-0.3, -0.25) is 4.98 Å². The van der Waals surface area contributed by atoms with E-state index in [1.54, 1.807) is 0 Å². The van der Waals surface area contributed by atoms with Crippen LogP contribution in [-0.2, 0) is 0 Å². The summed E-state index contributed by atoms with van der Waals surface area (Å²) in [7, 11) is 0. The summed E-state index contributed by atoms with van der Waals surface area (Å²) in [5.74, 6) is 0. The van der Waals surface area contributed by atoms with Crippen molar-refractivity contribution in [1.82, 2.24) is 4.98 Å². The van der Waals surface area contributed by atoms with Crippen LogP contribution < -0.4 is 0 Å². The van der Waals surface area contributed by atoms with Crippen LogP contribution in [0, 0.1) is 6.92 Å². The van der Waals surface area contributed by atoms with Gasteiger partial charge in [-0.1, -0.05) is 48.5 Å². The van der Waals surface area contributed by atoms with Crippen molar-refractivity contribution in [1.29, 1.82) is 0 Å². The lowest BCUT2D eigenvalue weighted by molar-refractivity contribution is 1.37. The van der Waals surface area contributed by atoms with Crippen molar-refractivity contribution < 1.29 is 0 Å². The molecule has 82 valence electrons. The molecule has 1 aromatic heterocycles. The minimum absolute atomic E-state index is 1.08. The molecule has 0 saturated heterocycles. The molecule has 0 aliphatic carbocycles. The molecule has 3 aromatic rings. The fourth-order valence-electron chi connectivity index (χ4n) is 2.16. The summed E-state index contributed by atoms with van der Waals surface area (Å²) in [5.41, 5.74) is 4.77. The number of pyridine rings is 1. The molecule has 3 rings (SSSR count). The zero-order valence-electron chi connectivity index (χ0n) is 9.72. The SMILES string of the molecule is Cc1ccnc2c(-c3ccccc3)cccc12. The van der Waals surface area contributed by atoms with Crippen LogP contribution in [0.2, 0.25) is 0 Å². The number of nitrogens with zero attached hydrogens (tertiary/aromatic N) is 1. The summed E-state index contributed by atoms with van der Waals surface area (Å²) in [6, 6.07) is 18.8. The lowest BCUT2D eigenvalue weighted by atomic mass is 10.0. The molecule has 1 heterocycles. The molecular weight excluding hydrogens is 206 g/mol. The topological polar surface area (TPSA) is 12.9 Å². The summed E-state index contributed by atoms with van der Waals surface area (Å²) in [5, 5.41) is 1.23. The molecule has 17 heavy (non-hydrogen) atoms. The van der Waals surface area contributed by atoms with Gasteiger partial charge in [0.05, 0.1) is 5.52 Å². The van der Waals surface area contributed by atoms with Crippen LogP contribution in [0.3, 0.4) is 0 Å². The molecule has 0 radical (unpaired) electrons. The summed E-state index contributed by atoms with van der Waals surface area (Å²) in [6.45, 7) is 2.12. The van der Waals surface area contributed by atoms with Gasteiger partial charge < -0.3 is 0 Å². The molecule has 1 heteroatoms. The van der Waals surface area contributed by atoms with Crippen LogP contribution in [0.15, 0.2) is 60.8 Å². The highest BCUT2D eigenvalue weighted by Crippen LogP contribution is 2.28. The zero-order valence-corrected chi connectivity index (χ0v) is 9.72. The van der Waals surface area contributed by atoms with Crippen molar-refractivity contribution in [2.75, 3.05) is 0 Å². The first-order chi connectivity index (χ1) is 8.36. The largest absolute Gasteiger partial charge is 0.256 e. The van der Waals surface area contributed by atoms with Crippen LogP contribution in [0.25, 0.3) is 22.0 Å².